The molecule has 6 heteroatoms. The summed E-state index contributed by atoms with van der Waals surface area (Å²) in [7, 11) is 0. The lowest BCUT2D eigenvalue weighted by Crippen LogP contribution is -2.26. The van der Waals surface area contributed by atoms with E-state index < -0.39 is 17.5 Å². The number of aromatic amines is 1. The summed E-state index contributed by atoms with van der Waals surface area (Å²) in [6.07, 6.45) is 3.85. The fourth-order valence-corrected chi connectivity index (χ4v) is 1.47. The fraction of sp³-hybridized carbons (Fsp3) is 0.167. The molecule has 0 radical (unpaired) electrons. The molecule has 1 aromatic carbocycles. The van der Waals surface area contributed by atoms with E-state index >= 15 is 0 Å². The molecule has 0 aliphatic carbocycles. The van der Waals surface area contributed by atoms with E-state index in [2.05, 4.69) is 15.3 Å². The Bertz CT molecular complexity index is 540. The van der Waals surface area contributed by atoms with Crippen molar-refractivity contribution < 1.29 is 13.6 Å². The Balaban J connectivity index is 1.89. The fourth-order valence-electron chi connectivity index (χ4n) is 1.47. The second-order valence-corrected chi connectivity index (χ2v) is 3.67. The number of hydrogen-bond acceptors (Lipinski definition) is 2. The van der Waals surface area contributed by atoms with Crippen molar-refractivity contribution in [3.63, 3.8) is 0 Å². The first-order valence-corrected chi connectivity index (χ1v) is 5.38. The first kappa shape index (κ1) is 12.2. The zero-order valence-electron chi connectivity index (χ0n) is 9.41. The number of hydrogen-bond donors (Lipinski definition) is 2. The second-order valence-electron chi connectivity index (χ2n) is 3.67. The van der Waals surface area contributed by atoms with Gasteiger partial charge in [-0.05, 0) is 18.2 Å². The zero-order valence-corrected chi connectivity index (χ0v) is 9.41. The van der Waals surface area contributed by atoms with Crippen molar-refractivity contribution in [3.05, 3.63) is 53.6 Å². The Hall–Kier alpha value is -2.24. The molecule has 0 saturated carbocycles. The molecule has 0 fully saturated rings. The van der Waals surface area contributed by atoms with Crippen LogP contribution in [0.4, 0.5) is 8.78 Å². The van der Waals surface area contributed by atoms with Gasteiger partial charge in [-0.15, -0.1) is 0 Å². The third kappa shape index (κ3) is 2.91. The molecule has 0 bridgehead atoms. The molecule has 1 amide bonds. The smallest absolute Gasteiger partial charge is 0.251 e. The van der Waals surface area contributed by atoms with E-state index in [0.717, 1.165) is 18.0 Å². The molecule has 1 heterocycles. The van der Waals surface area contributed by atoms with Crippen LogP contribution in [0.1, 0.15) is 16.2 Å². The van der Waals surface area contributed by atoms with Gasteiger partial charge in [0.05, 0.1) is 0 Å². The van der Waals surface area contributed by atoms with E-state index in [9.17, 15) is 13.6 Å². The lowest BCUT2D eigenvalue weighted by atomic mass is 10.2. The maximum absolute atomic E-state index is 12.9. The van der Waals surface area contributed by atoms with Gasteiger partial charge in [-0.25, -0.2) is 13.8 Å². The van der Waals surface area contributed by atoms with Gasteiger partial charge in [-0.1, -0.05) is 0 Å². The lowest BCUT2D eigenvalue weighted by Gasteiger charge is -2.04. The van der Waals surface area contributed by atoms with E-state index in [0.29, 0.717) is 13.0 Å². The maximum atomic E-state index is 12.9. The minimum absolute atomic E-state index is 0.0911. The molecule has 0 unspecified atom stereocenters. The van der Waals surface area contributed by atoms with E-state index in [1.807, 2.05) is 0 Å². The van der Waals surface area contributed by atoms with Gasteiger partial charge < -0.3 is 10.3 Å². The normalized spacial score (nSPS) is 10.3. The number of imidazole rings is 1. The molecule has 4 nitrogen and oxygen atoms in total. The molecule has 2 aromatic rings. The largest absolute Gasteiger partial charge is 0.352 e. The van der Waals surface area contributed by atoms with Gasteiger partial charge in [0.2, 0.25) is 0 Å². The minimum Gasteiger partial charge on any atom is -0.352 e. The van der Waals surface area contributed by atoms with Gasteiger partial charge in [0.25, 0.3) is 5.91 Å². The van der Waals surface area contributed by atoms with E-state index in [-0.39, 0.29) is 5.56 Å². The summed E-state index contributed by atoms with van der Waals surface area (Å²) in [6.45, 7) is 0.366. The molecule has 1 aromatic heterocycles. The van der Waals surface area contributed by atoms with Gasteiger partial charge in [0.15, 0.2) is 11.6 Å². The average molecular weight is 251 g/mol. The van der Waals surface area contributed by atoms with Gasteiger partial charge in [-0.2, -0.15) is 0 Å². The van der Waals surface area contributed by atoms with Gasteiger partial charge in [0.1, 0.15) is 5.82 Å². The van der Waals surface area contributed by atoms with Crippen LogP contribution >= 0.6 is 0 Å². The van der Waals surface area contributed by atoms with Crippen LogP contribution in [0.5, 0.6) is 0 Å². The molecule has 0 aliphatic rings. The molecular weight excluding hydrogens is 240 g/mol. The summed E-state index contributed by atoms with van der Waals surface area (Å²) in [5, 5.41) is 2.60. The van der Waals surface area contributed by atoms with Crippen molar-refractivity contribution in [3.8, 4) is 0 Å². The Morgan fingerprint density at radius 3 is 2.83 bits per heavy atom. The first-order valence-electron chi connectivity index (χ1n) is 5.38. The molecule has 94 valence electrons. The Labute approximate surface area is 102 Å². The number of carbonyl (C=O) groups is 1. The molecule has 2 rings (SSSR count). The summed E-state index contributed by atoms with van der Waals surface area (Å²) >= 11 is 0. The quantitative estimate of drug-likeness (QED) is 0.868. The van der Waals surface area contributed by atoms with Crippen LogP contribution in [0, 0.1) is 11.6 Å². The van der Waals surface area contributed by atoms with E-state index in [1.165, 1.54) is 6.07 Å². The van der Waals surface area contributed by atoms with Crippen LogP contribution < -0.4 is 5.32 Å². The summed E-state index contributed by atoms with van der Waals surface area (Å²) in [5.74, 6) is -1.70. The number of nitrogens with zero attached hydrogens (tertiary/aromatic N) is 1. The van der Waals surface area contributed by atoms with Crippen LogP contribution in [0.3, 0.4) is 0 Å². The predicted octanol–water partition coefficient (Wildman–Crippen LogP) is 1.66. The summed E-state index contributed by atoms with van der Waals surface area (Å²) in [4.78, 5) is 18.5. The number of benzene rings is 1. The van der Waals surface area contributed by atoms with Crippen molar-refractivity contribution in [1.82, 2.24) is 15.3 Å². The molecule has 0 saturated heterocycles. The number of halogens is 2. The van der Waals surface area contributed by atoms with Crippen molar-refractivity contribution in [2.24, 2.45) is 0 Å². The molecular formula is C12H11F2N3O. The standard InChI is InChI=1S/C12H11F2N3O/c13-9-2-1-8(7-10(9)14)12(18)17-4-3-11-15-5-6-16-11/h1-2,5-7H,3-4H2,(H,15,16)(H,17,18). The van der Waals surface area contributed by atoms with E-state index in [1.54, 1.807) is 12.4 Å². The van der Waals surface area contributed by atoms with Crippen molar-refractivity contribution >= 4 is 5.91 Å². The first-order chi connectivity index (χ1) is 8.66. The van der Waals surface area contributed by atoms with Crippen molar-refractivity contribution in [2.75, 3.05) is 6.54 Å². The Kier molecular flexibility index (Phi) is 3.66. The summed E-state index contributed by atoms with van der Waals surface area (Å²) in [6, 6.07) is 3.04. The molecule has 2 N–H and O–H groups in total. The highest BCUT2D eigenvalue weighted by molar-refractivity contribution is 5.94. The molecule has 0 spiro atoms. The summed E-state index contributed by atoms with van der Waals surface area (Å²) < 4.78 is 25.6. The predicted molar refractivity (Wildman–Crippen MR) is 61.0 cm³/mol. The maximum Gasteiger partial charge on any atom is 0.251 e. The zero-order chi connectivity index (χ0) is 13.0. The van der Waals surface area contributed by atoms with Crippen LogP contribution in [-0.2, 0) is 6.42 Å². The van der Waals surface area contributed by atoms with Crippen molar-refractivity contribution in [1.29, 1.82) is 0 Å². The van der Waals surface area contributed by atoms with Crippen LogP contribution in [0.25, 0.3) is 0 Å². The van der Waals surface area contributed by atoms with Crippen LogP contribution in [-0.4, -0.2) is 22.4 Å². The highest BCUT2D eigenvalue weighted by Gasteiger charge is 2.09. The molecule has 18 heavy (non-hydrogen) atoms. The summed E-state index contributed by atoms with van der Waals surface area (Å²) in [5.41, 5.74) is 0.0911. The Morgan fingerprint density at radius 2 is 2.17 bits per heavy atom. The number of carbonyl (C=O) groups excluding carboxylic acids is 1. The number of amides is 1. The van der Waals surface area contributed by atoms with Crippen LogP contribution in [0.2, 0.25) is 0 Å². The highest BCUT2D eigenvalue weighted by Crippen LogP contribution is 2.08. The average Bonchev–Trinajstić information content (AvgIpc) is 2.85. The third-order valence-electron chi connectivity index (χ3n) is 2.38. The monoisotopic (exact) mass is 251 g/mol. The SMILES string of the molecule is O=C(NCCc1ncc[nH]1)c1ccc(F)c(F)c1. The molecule has 0 aliphatic heterocycles. The van der Waals surface area contributed by atoms with Crippen molar-refractivity contribution in [2.45, 2.75) is 6.42 Å². The second kappa shape index (κ2) is 5.39. The number of nitrogens with one attached hydrogen (secondary N) is 2. The van der Waals surface area contributed by atoms with Gasteiger partial charge in [-0.3, -0.25) is 4.79 Å². The minimum atomic E-state index is -1.03. The number of H-pyrrole nitrogens is 1. The van der Waals surface area contributed by atoms with Gasteiger partial charge >= 0.3 is 0 Å². The van der Waals surface area contributed by atoms with E-state index in [4.69, 9.17) is 0 Å². The Morgan fingerprint density at radius 1 is 1.33 bits per heavy atom. The van der Waals surface area contributed by atoms with Gasteiger partial charge in [0, 0.05) is 30.9 Å². The topological polar surface area (TPSA) is 57.8 Å². The number of rotatable bonds is 4. The third-order valence-corrected chi connectivity index (χ3v) is 2.38. The lowest BCUT2D eigenvalue weighted by molar-refractivity contribution is 0.0953. The number of aromatic nitrogens is 2. The highest BCUT2D eigenvalue weighted by atomic mass is 19.2. The molecule has 0 atom stereocenters. The van der Waals surface area contributed by atoms with Crippen LogP contribution in [0.15, 0.2) is 30.6 Å².